The molecule has 0 aliphatic rings. The van der Waals surface area contributed by atoms with E-state index in [-0.39, 0.29) is 0 Å². The highest BCUT2D eigenvalue weighted by Gasteiger charge is 2.03. The van der Waals surface area contributed by atoms with Gasteiger partial charge in [-0.05, 0) is 38.7 Å². The van der Waals surface area contributed by atoms with Crippen molar-refractivity contribution in [2.75, 3.05) is 26.0 Å². The van der Waals surface area contributed by atoms with Crippen molar-refractivity contribution in [3.8, 4) is 0 Å². The third-order valence-corrected chi connectivity index (χ3v) is 3.03. The smallest absolute Gasteiger partial charge is 0.0583 e. The summed E-state index contributed by atoms with van der Waals surface area (Å²) in [7, 11) is 3.87. The topological polar surface area (TPSA) is 36.1 Å². The Labute approximate surface area is 107 Å². The molecule has 0 aromatic heterocycles. The van der Waals surface area contributed by atoms with Crippen LogP contribution in [0.2, 0.25) is 5.02 Å². The summed E-state index contributed by atoms with van der Waals surface area (Å²) in [5, 5.41) is 10.4. The number of benzene rings is 1. The summed E-state index contributed by atoms with van der Waals surface area (Å²) in [5.74, 6) is 0. The van der Waals surface area contributed by atoms with Gasteiger partial charge in [0.2, 0.25) is 0 Å². The second-order valence-electron chi connectivity index (χ2n) is 3.51. The fraction of sp³-hybridized carbons (Fsp3) is 0.455. The zero-order valence-corrected chi connectivity index (χ0v) is 11.2. The van der Waals surface area contributed by atoms with Gasteiger partial charge in [-0.1, -0.05) is 11.6 Å². The van der Waals surface area contributed by atoms with E-state index >= 15 is 0 Å². The van der Waals surface area contributed by atoms with Gasteiger partial charge in [0.05, 0.1) is 6.17 Å². The van der Waals surface area contributed by atoms with Crippen LogP contribution >= 0.6 is 24.2 Å². The first-order chi connectivity index (χ1) is 7.67. The van der Waals surface area contributed by atoms with Gasteiger partial charge in [-0.15, -0.1) is 12.6 Å². The molecule has 0 unspecified atom stereocenters. The molecule has 5 heteroatoms. The Bertz CT molecular complexity index is 329. The van der Waals surface area contributed by atoms with Gasteiger partial charge in [0, 0.05) is 22.2 Å². The molecular weight excluding hydrogens is 242 g/mol. The molecule has 0 aliphatic carbocycles. The van der Waals surface area contributed by atoms with E-state index < -0.39 is 0 Å². The minimum atomic E-state index is 0.315. The number of hydrogen-bond acceptors (Lipinski definition) is 4. The van der Waals surface area contributed by atoms with Crippen LogP contribution < -0.4 is 16.0 Å². The monoisotopic (exact) mass is 259 g/mol. The van der Waals surface area contributed by atoms with Gasteiger partial charge >= 0.3 is 0 Å². The van der Waals surface area contributed by atoms with Crippen molar-refractivity contribution in [3.63, 3.8) is 0 Å². The Hall–Kier alpha value is -0.420. The number of rotatable bonds is 6. The summed E-state index contributed by atoms with van der Waals surface area (Å²) in [6.07, 6.45) is 1.29. The Morgan fingerprint density at radius 2 is 2.00 bits per heavy atom. The number of hydrogen-bond donors (Lipinski definition) is 4. The minimum absolute atomic E-state index is 0.315. The first-order valence-corrected chi connectivity index (χ1v) is 6.06. The summed E-state index contributed by atoms with van der Waals surface area (Å²) >= 11 is 10.3. The lowest BCUT2D eigenvalue weighted by atomic mass is 10.3. The quantitative estimate of drug-likeness (QED) is 0.467. The number of anilines is 1. The van der Waals surface area contributed by atoms with Crippen LogP contribution in [0.5, 0.6) is 0 Å². The zero-order valence-electron chi connectivity index (χ0n) is 9.55. The molecule has 0 saturated carbocycles. The first-order valence-electron chi connectivity index (χ1n) is 5.24. The molecule has 16 heavy (non-hydrogen) atoms. The lowest BCUT2D eigenvalue weighted by Crippen LogP contribution is -2.39. The molecule has 3 nitrogen and oxygen atoms in total. The van der Waals surface area contributed by atoms with E-state index in [0.29, 0.717) is 6.17 Å². The van der Waals surface area contributed by atoms with Crippen LogP contribution in [0.25, 0.3) is 0 Å². The van der Waals surface area contributed by atoms with Crippen molar-refractivity contribution < 1.29 is 0 Å². The summed E-state index contributed by atoms with van der Waals surface area (Å²) in [4.78, 5) is 0.912. The van der Waals surface area contributed by atoms with Crippen molar-refractivity contribution >= 4 is 29.9 Å². The molecular formula is C11H18ClN3S. The molecule has 0 saturated heterocycles. The summed E-state index contributed by atoms with van der Waals surface area (Å²) < 4.78 is 0. The average Bonchev–Trinajstić information content (AvgIpc) is 2.29. The van der Waals surface area contributed by atoms with Crippen molar-refractivity contribution in [2.45, 2.75) is 17.5 Å². The Balaban J connectivity index is 2.45. The Morgan fingerprint density at radius 1 is 1.31 bits per heavy atom. The molecule has 0 fully saturated rings. The van der Waals surface area contributed by atoms with E-state index in [9.17, 15) is 0 Å². The van der Waals surface area contributed by atoms with Gasteiger partial charge in [0.1, 0.15) is 0 Å². The van der Waals surface area contributed by atoms with E-state index in [2.05, 4.69) is 28.6 Å². The molecule has 0 heterocycles. The van der Waals surface area contributed by atoms with Crippen LogP contribution in [0.15, 0.2) is 23.1 Å². The second kappa shape index (κ2) is 7.01. The summed E-state index contributed by atoms with van der Waals surface area (Å²) in [6, 6.07) is 5.61. The number of thiol groups is 1. The van der Waals surface area contributed by atoms with E-state index in [4.69, 9.17) is 11.6 Å². The lowest BCUT2D eigenvalue weighted by molar-refractivity contribution is 0.473. The van der Waals surface area contributed by atoms with Crippen LogP contribution in [0.4, 0.5) is 5.69 Å². The van der Waals surface area contributed by atoms with Crippen LogP contribution in [-0.4, -0.2) is 26.8 Å². The number of halogens is 1. The first kappa shape index (κ1) is 13.6. The fourth-order valence-corrected chi connectivity index (χ4v) is 1.82. The molecule has 0 spiro atoms. The third-order valence-electron chi connectivity index (χ3n) is 2.40. The van der Waals surface area contributed by atoms with Gasteiger partial charge in [-0.2, -0.15) is 0 Å². The standard InChI is InChI=1S/C11H18ClN3S/c1-13-11(14-2)5-6-15-9-7-8(12)3-4-10(9)16/h3-4,7,11,13-16H,5-6H2,1-2H3. The lowest BCUT2D eigenvalue weighted by Gasteiger charge is -2.16. The molecule has 3 N–H and O–H groups in total. The largest absolute Gasteiger partial charge is 0.384 e. The normalized spacial score (nSPS) is 10.8. The minimum Gasteiger partial charge on any atom is -0.384 e. The van der Waals surface area contributed by atoms with E-state index in [1.807, 2.05) is 32.3 Å². The van der Waals surface area contributed by atoms with Crippen molar-refractivity contribution in [1.82, 2.24) is 10.6 Å². The predicted octanol–water partition coefficient (Wildman–Crippen LogP) is 2.20. The van der Waals surface area contributed by atoms with Gasteiger partial charge in [0.25, 0.3) is 0 Å². The maximum Gasteiger partial charge on any atom is 0.0583 e. The van der Waals surface area contributed by atoms with Gasteiger partial charge in [0.15, 0.2) is 0 Å². The molecule has 1 aromatic rings. The summed E-state index contributed by atoms with van der Waals surface area (Å²) in [5.41, 5.74) is 0.974. The highest BCUT2D eigenvalue weighted by molar-refractivity contribution is 7.80. The van der Waals surface area contributed by atoms with Crippen LogP contribution in [0.1, 0.15) is 6.42 Å². The SMILES string of the molecule is CNC(CCNc1cc(Cl)ccc1S)NC. The van der Waals surface area contributed by atoms with Gasteiger partial charge in [-0.25, -0.2) is 0 Å². The predicted molar refractivity (Wildman–Crippen MR) is 73.7 cm³/mol. The fourth-order valence-electron chi connectivity index (χ4n) is 1.43. The average molecular weight is 260 g/mol. The van der Waals surface area contributed by atoms with Crippen LogP contribution in [0.3, 0.4) is 0 Å². The molecule has 1 rings (SSSR count). The molecule has 90 valence electrons. The number of nitrogens with one attached hydrogen (secondary N) is 3. The third kappa shape index (κ3) is 4.22. The molecule has 0 atom stereocenters. The molecule has 0 amide bonds. The Kier molecular flexibility index (Phi) is 5.98. The summed E-state index contributed by atoms with van der Waals surface area (Å²) in [6.45, 7) is 0.861. The molecule has 0 aliphatic heterocycles. The van der Waals surface area contributed by atoms with Crippen molar-refractivity contribution in [2.24, 2.45) is 0 Å². The molecule has 0 bridgehead atoms. The van der Waals surface area contributed by atoms with Crippen LogP contribution in [0, 0.1) is 0 Å². The van der Waals surface area contributed by atoms with Crippen molar-refractivity contribution in [3.05, 3.63) is 23.2 Å². The second-order valence-corrected chi connectivity index (χ2v) is 4.43. The molecule has 1 aromatic carbocycles. The van der Waals surface area contributed by atoms with E-state index in [1.54, 1.807) is 0 Å². The van der Waals surface area contributed by atoms with Gasteiger partial charge in [-0.3, -0.25) is 0 Å². The maximum absolute atomic E-state index is 5.91. The van der Waals surface area contributed by atoms with Crippen LogP contribution in [-0.2, 0) is 0 Å². The van der Waals surface area contributed by atoms with Crippen molar-refractivity contribution in [1.29, 1.82) is 0 Å². The molecule has 0 radical (unpaired) electrons. The maximum atomic E-state index is 5.91. The Morgan fingerprint density at radius 3 is 2.62 bits per heavy atom. The van der Waals surface area contributed by atoms with Gasteiger partial charge < -0.3 is 16.0 Å². The van der Waals surface area contributed by atoms with E-state index in [0.717, 1.165) is 28.6 Å². The highest BCUT2D eigenvalue weighted by Crippen LogP contribution is 2.23. The van der Waals surface area contributed by atoms with E-state index in [1.165, 1.54) is 0 Å². The zero-order chi connectivity index (χ0) is 12.0. The highest BCUT2D eigenvalue weighted by atomic mass is 35.5.